The van der Waals surface area contributed by atoms with E-state index in [1.165, 1.54) is 13.8 Å². The molecule has 3 heterocycles. The fraction of sp³-hybridized carbons (Fsp3) is 0.656. The predicted octanol–water partition coefficient (Wildman–Crippen LogP) is 1.05. The first-order valence-electron chi connectivity index (χ1n) is 15.5. The molecule has 0 radical (unpaired) electrons. The largest absolute Gasteiger partial charge is 0.463 e. The van der Waals surface area contributed by atoms with Gasteiger partial charge in [-0.2, -0.15) is 0 Å². The van der Waals surface area contributed by atoms with Crippen LogP contribution in [0.5, 0.6) is 0 Å². The van der Waals surface area contributed by atoms with Crippen molar-refractivity contribution >= 4 is 29.8 Å². The first kappa shape index (κ1) is 37.2. The molecular formula is C32H43NO15. The molecule has 0 spiro atoms. The van der Waals surface area contributed by atoms with Crippen molar-refractivity contribution in [2.75, 3.05) is 13.2 Å². The van der Waals surface area contributed by atoms with Crippen LogP contribution in [-0.4, -0.2) is 110 Å². The zero-order valence-electron chi connectivity index (χ0n) is 27.9. The first-order chi connectivity index (χ1) is 22.6. The molecule has 3 aliphatic rings. The number of amides is 1. The molecule has 1 amide bonds. The number of nitrogens with one attached hydrogen (secondary N) is 1. The number of hydrogen-bond donors (Lipinski definition) is 1. The van der Waals surface area contributed by atoms with Gasteiger partial charge in [0.1, 0.15) is 37.1 Å². The lowest BCUT2D eigenvalue weighted by atomic mass is 9.94. The summed E-state index contributed by atoms with van der Waals surface area (Å²) in [5.41, 5.74) is 0.833. The van der Waals surface area contributed by atoms with Crippen molar-refractivity contribution in [3.05, 3.63) is 35.9 Å². The van der Waals surface area contributed by atoms with Crippen molar-refractivity contribution in [2.45, 2.75) is 122 Å². The third-order valence-electron chi connectivity index (χ3n) is 7.53. The van der Waals surface area contributed by atoms with Crippen LogP contribution < -0.4 is 5.32 Å². The molecule has 1 aromatic carbocycles. The molecule has 3 aliphatic heterocycles. The van der Waals surface area contributed by atoms with Gasteiger partial charge in [0, 0.05) is 34.6 Å². The molecule has 0 aromatic heterocycles. The van der Waals surface area contributed by atoms with E-state index in [1.54, 1.807) is 13.8 Å². The van der Waals surface area contributed by atoms with E-state index in [0.29, 0.717) is 0 Å². The summed E-state index contributed by atoms with van der Waals surface area (Å²) >= 11 is 0. The summed E-state index contributed by atoms with van der Waals surface area (Å²) in [7, 11) is 0. The van der Waals surface area contributed by atoms with Gasteiger partial charge >= 0.3 is 23.9 Å². The number of hydrogen-bond acceptors (Lipinski definition) is 15. The second-order valence-electron chi connectivity index (χ2n) is 12.0. The Labute approximate surface area is 277 Å². The molecule has 0 saturated carbocycles. The van der Waals surface area contributed by atoms with Crippen LogP contribution >= 0.6 is 0 Å². The fourth-order valence-corrected chi connectivity index (χ4v) is 5.72. The van der Waals surface area contributed by atoms with Crippen LogP contribution in [0.2, 0.25) is 0 Å². The van der Waals surface area contributed by atoms with Crippen LogP contribution in [0.4, 0.5) is 0 Å². The maximum atomic E-state index is 12.6. The number of ether oxygens (including phenoxy) is 10. The molecule has 3 fully saturated rings. The Morgan fingerprint density at radius 1 is 0.792 bits per heavy atom. The lowest BCUT2D eigenvalue weighted by Crippen LogP contribution is -2.71. The maximum absolute atomic E-state index is 12.6. The van der Waals surface area contributed by atoms with Crippen LogP contribution in [0.25, 0.3) is 0 Å². The highest BCUT2D eigenvalue weighted by Crippen LogP contribution is 2.38. The molecule has 1 aromatic rings. The summed E-state index contributed by atoms with van der Waals surface area (Å²) in [6.07, 6.45) is -11.1. The number of esters is 4. The van der Waals surface area contributed by atoms with Crippen molar-refractivity contribution in [1.82, 2.24) is 5.32 Å². The summed E-state index contributed by atoms with van der Waals surface area (Å²) in [6.45, 7) is 8.94. The van der Waals surface area contributed by atoms with Crippen LogP contribution in [0, 0.1) is 0 Å². The topological polar surface area (TPSA) is 190 Å². The third-order valence-corrected chi connectivity index (χ3v) is 7.53. The van der Waals surface area contributed by atoms with Crippen LogP contribution in [0.1, 0.15) is 54.0 Å². The molecule has 16 heteroatoms. The van der Waals surface area contributed by atoms with Gasteiger partial charge in [-0.05, 0) is 19.4 Å². The summed E-state index contributed by atoms with van der Waals surface area (Å²) in [6, 6.07) is 8.25. The zero-order valence-corrected chi connectivity index (χ0v) is 27.9. The molecule has 3 saturated heterocycles. The fourth-order valence-electron chi connectivity index (χ4n) is 5.72. The van der Waals surface area contributed by atoms with Crippen molar-refractivity contribution in [3.63, 3.8) is 0 Å². The van der Waals surface area contributed by atoms with E-state index in [-0.39, 0.29) is 13.2 Å². The van der Waals surface area contributed by atoms with E-state index in [2.05, 4.69) is 5.32 Å². The first-order valence-corrected chi connectivity index (χ1v) is 15.5. The summed E-state index contributed by atoms with van der Waals surface area (Å²) in [5, 5.41) is 2.83. The minimum absolute atomic E-state index is 0.0636. The lowest BCUT2D eigenvalue weighted by molar-refractivity contribution is -0.394. The Bertz CT molecular complexity index is 1310. The molecule has 0 aliphatic carbocycles. The standard InChI is InChI=1S/C32H43NO15/c1-16(34)33-24-27(26-23(15-41-32(6,7)48-26)45-30(24)40-13-21-11-9-8-10-12-21)47-31-29(44-20(5)38)28(43-19(4)37)25(42-18(3)36)22(46-31)14-39-17(2)35/h8-12,22-31H,13-15H2,1-7H3,(H,33,34)/t22-,23-,24-,25+,26+,27-,28+,29-,30-,31+/m1/s1. The van der Waals surface area contributed by atoms with Gasteiger partial charge in [-0.3, -0.25) is 24.0 Å². The van der Waals surface area contributed by atoms with E-state index in [1.807, 2.05) is 30.3 Å². The van der Waals surface area contributed by atoms with Crippen molar-refractivity contribution in [3.8, 4) is 0 Å². The summed E-state index contributed by atoms with van der Waals surface area (Å²) in [4.78, 5) is 61.3. The Morgan fingerprint density at radius 3 is 2.02 bits per heavy atom. The lowest BCUT2D eigenvalue weighted by Gasteiger charge is -2.52. The van der Waals surface area contributed by atoms with E-state index in [4.69, 9.17) is 47.4 Å². The highest BCUT2D eigenvalue weighted by molar-refractivity contribution is 5.73. The van der Waals surface area contributed by atoms with Gasteiger partial charge in [0.2, 0.25) is 5.91 Å². The van der Waals surface area contributed by atoms with Crippen molar-refractivity contribution < 1.29 is 71.3 Å². The van der Waals surface area contributed by atoms with Gasteiger partial charge < -0.3 is 52.7 Å². The second-order valence-corrected chi connectivity index (χ2v) is 12.0. The van der Waals surface area contributed by atoms with E-state index in [9.17, 15) is 24.0 Å². The van der Waals surface area contributed by atoms with Crippen LogP contribution in [0.15, 0.2) is 30.3 Å². The van der Waals surface area contributed by atoms with E-state index >= 15 is 0 Å². The number of carbonyl (C=O) groups is 5. The highest BCUT2D eigenvalue weighted by Gasteiger charge is 2.58. The van der Waals surface area contributed by atoms with Crippen molar-refractivity contribution in [1.29, 1.82) is 0 Å². The van der Waals surface area contributed by atoms with E-state index < -0.39 is 104 Å². The third kappa shape index (κ3) is 9.93. The molecule has 16 nitrogen and oxygen atoms in total. The molecule has 48 heavy (non-hydrogen) atoms. The van der Waals surface area contributed by atoms with Gasteiger partial charge in [-0.25, -0.2) is 0 Å². The molecule has 4 rings (SSSR count). The molecule has 0 unspecified atom stereocenters. The summed E-state index contributed by atoms with van der Waals surface area (Å²) < 4.78 is 59.1. The van der Waals surface area contributed by atoms with Gasteiger partial charge in [-0.1, -0.05) is 30.3 Å². The number of carbonyl (C=O) groups excluding carboxylic acids is 5. The van der Waals surface area contributed by atoms with Crippen LogP contribution in [0.3, 0.4) is 0 Å². The minimum atomic E-state index is -1.56. The zero-order chi connectivity index (χ0) is 35.2. The van der Waals surface area contributed by atoms with Crippen LogP contribution in [-0.2, 0) is 77.9 Å². The minimum Gasteiger partial charge on any atom is -0.463 e. The predicted molar refractivity (Wildman–Crippen MR) is 159 cm³/mol. The monoisotopic (exact) mass is 681 g/mol. The van der Waals surface area contributed by atoms with Gasteiger partial charge in [0.05, 0.1) is 13.2 Å². The second kappa shape index (κ2) is 16.2. The number of benzene rings is 1. The SMILES string of the molecule is CC(=O)N[C@H]1[C@H](OCc2ccccc2)O[C@@H]2COC(C)(C)O[C@@H]2[C@@H]1O[C@@H]1O[C@H](COC(C)=O)[C@H](OC(C)=O)[C@H](OC(C)=O)[C@H]1OC(C)=O. The van der Waals surface area contributed by atoms with Crippen molar-refractivity contribution in [2.24, 2.45) is 0 Å². The molecule has 1 N–H and O–H groups in total. The van der Waals surface area contributed by atoms with Gasteiger partial charge in [-0.15, -0.1) is 0 Å². The molecule has 266 valence electrons. The quantitative estimate of drug-likeness (QED) is 0.258. The smallest absolute Gasteiger partial charge is 0.303 e. The number of rotatable bonds is 11. The molecular weight excluding hydrogens is 638 g/mol. The Morgan fingerprint density at radius 2 is 1.42 bits per heavy atom. The maximum Gasteiger partial charge on any atom is 0.303 e. The summed E-state index contributed by atoms with van der Waals surface area (Å²) in [5.74, 6) is -4.59. The Hall–Kier alpha value is -3.67. The Balaban J connectivity index is 1.76. The normalized spacial score (nSPS) is 32.6. The Kier molecular flexibility index (Phi) is 12.5. The van der Waals surface area contributed by atoms with Gasteiger partial charge in [0.25, 0.3) is 0 Å². The molecule has 0 bridgehead atoms. The van der Waals surface area contributed by atoms with Gasteiger partial charge in [0.15, 0.2) is 36.7 Å². The number of fused-ring (bicyclic) bond motifs is 1. The highest BCUT2D eigenvalue weighted by atomic mass is 16.8. The molecule has 10 atom stereocenters. The van der Waals surface area contributed by atoms with E-state index in [0.717, 1.165) is 26.3 Å². The average Bonchev–Trinajstić information content (AvgIpc) is 2.98. The average molecular weight is 682 g/mol.